The van der Waals surface area contributed by atoms with Gasteiger partial charge in [-0.2, -0.15) is 0 Å². The molecule has 0 saturated carbocycles. The van der Waals surface area contributed by atoms with Crippen LogP contribution >= 0.6 is 11.3 Å². The molecule has 1 aromatic heterocycles. The summed E-state index contributed by atoms with van der Waals surface area (Å²) in [5.41, 5.74) is 3.24. The first-order valence-corrected chi connectivity index (χ1v) is 11.4. The van der Waals surface area contributed by atoms with Crippen LogP contribution in [0, 0.1) is 0 Å². The van der Waals surface area contributed by atoms with Gasteiger partial charge in [0.05, 0.1) is 11.3 Å². The molecular weight excluding hydrogens is 422 g/mol. The molecule has 0 radical (unpaired) electrons. The number of ketones is 1. The Morgan fingerprint density at radius 1 is 1.03 bits per heavy atom. The molecular formula is C26H29NO4S. The maximum absolute atomic E-state index is 11.6. The number of hydrogen-bond acceptors (Lipinski definition) is 5. The summed E-state index contributed by atoms with van der Waals surface area (Å²) >= 11 is 1.44. The highest BCUT2D eigenvalue weighted by molar-refractivity contribution is 7.17. The Morgan fingerprint density at radius 2 is 1.72 bits per heavy atom. The maximum Gasteiger partial charge on any atom is 0.305 e. The van der Waals surface area contributed by atoms with Crippen molar-refractivity contribution >= 4 is 23.1 Å². The third kappa shape index (κ3) is 5.64. The molecule has 0 saturated heterocycles. The Balaban J connectivity index is 1.80. The SMILES string of the molecule is CC(=O)c1ccc(-c2ccc([C@@H](CC(=O)O)NCc3cccc(C(C)(C)C)c3O)cc2)s1. The van der Waals surface area contributed by atoms with Gasteiger partial charge in [-0.05, 0) is 41.2 Å². The Labute approximate surface area is 192 Å². The van der Waals surface area contributed by atoms with Crippen LogP contribution in [-0.4, -0.2) is 22.0 Å². The molecule has 0 spiro atoms. The summed E-state index contributed by atoms with van der Waals surface area (Å²) in [6.07, 6.45) is -0.0768. The van der Waals surface area contributed by atoms with Crippen molar-refractivity contribution in [3.8, 4) is 16.2 Å². The second-order valence-corrected chi connectivity index (χ2v) is 10.0. The first-order chi connectivity index (χ1) is 15.1. The smallest absolute Gasteiger partial charge is 0.305 e. The van der Waals surface area contributed by atoms with Crippen LogP contribution in [0.1, 0.15) is 66.5 Å². The molecule has 0 fully saturated rings. The lowest BCUT2D eigenvalue weighted by molar-refractivity contribution is -0.137. The average Bonchev–Trinajstić information content (AvgIpc) is 3.22. The van der Waals surface area contributed by atoms with Crippen LogP contribution in [0.2, 0.25) is 0 Å². The van der Waals surface area contributed by atoms with E-state index in [1.807, 2.05) is 75.4 Å². The molecule has 0 bridgehead atoms. The van der Waals surface area contributed by atoms with E-state index in [9.17, 15) is 19.8 Å². The third-order valence-corrected chi connectivity index (χ3v) is 6.63. The number of aromatic hydroxyl groups is 1. The number of hydrogen-bond donors (Lipinski definition) is 3. The Hall–Kier alpha value is -2.96. The van der Waals surface area contributed by atoms with E-state index in [1.54, 1.807) is 6.92 Å². The van der Waals surface area contributed by atoms with Gasteiger partial charge in [-0.15, -0.1) is 11.3 Å². The lowest BCUT2D eigenvalue weighted by Crippen LogP contribution is -2.24. The number of rotatable bonds is 8. The number of nitrogens with one attached hydrogen (secondary N) is 1. The van der Waals surface area contributed by atoms with Crippen molar-refractivity contribution in [2.24, 2.45) is 0 Å². The van der Waals surface area contributed by atoms with Gasteiger partial charge in [0, 0.05) is 23.0 Å². The zero-order valence-corrected chi connectivity index (χ0v) is 19.6. The quantitative estimate of drug-likeness (QED) is 0.370. The van der Waals surface area contributed by atoms with Crippen molar-refractivity contribution in [1.82, 2.24) is 5.32 Å². The van der Waals surface area contributed by atoms with Crippen molar-refractivity contribution in [2.75, 3.05) is 0 Å². The number of aliphatic carboxylic acids is 1. The molecule has 32 heavy (non-hydrogen) atoms. The second-order valence-electron chi connectivity index (χ2n) is 8.94. The Kier molecular flexibility index (Phi) is 7.16. The van der Waals surface area contributed by atoms with Crippen molar-refractivity contribution < 1.29 is 19.8 Å². The monoisotopic (exact) mass is 451 g/mol. The minimum absolute atomic E-state index is 0.0439. The van der Waals surface area contributed by atoms with Crippen LogP contribution in [0.5, 0.6) is 5.75 Å². The average molecular weight is 452 g/mol. The second kappa shape index (κ2) is 9.67. The predicted octanol–water partition coefficient (Wildman–Crippen LogP) is 5.93. The van der Waals surface area contributed by atoms with Gasteiger partial charge in [-0.1, -0.05) is 63.2 Å². The number of carbonyl (C=O) groups excluding carboxylic acids is 1. The summed E-state index contributed by atoms with van der Waals surface area (Å²) in [5, 5.41) is 23.4. The van der Waals surface area contributed by atoms with Gasteiger partial charge in [0.25, 0.3) is 0 Å². The van der Waals surface area contributed by atoms with E-state index < -0.39 is 12.0 Å². The van der Waals surface area contributed by atoms with E-state index in [1.165, 1.54) is 11.3 Å². The number of carboxylic acid groups (broad SMARTS) is 1. The summed E-state index contributed by atoms with van der Waals surface area (Å²) in [6.45, 7) is 8.03. The van der Waals surface area contributed by atoms with Crippen LogP contribution in [0.25, 0.3) is 10.4 Å². The van der Waals surface area contributed by atoms with Gasteiger partial charge in [-0.3, -0.25) is 9.59 Å². The minimum atomic E-state index is -0.899. The summed E-state index contributed by atoms with van der Waals surface area (Å²) in [4.78, 5) is 24.7. The molecule has 3 aromatic rings. The Morgan fingerprint density at radius 3 is 2.28 bits per heavy atom. The zero-order valence-electron chi connectivity index (χ0n) is 18.8. The number of benzene rings is 2. The zero-order chi connectivity index (χ0) is 23.5. The molecule has 3 N–H and O–H groups in total. The Bertz CT molecular complexity index is 1110. The van der Waals surface area contributed by atoms with Gasteiger partial charge in [-0.25, -0.2) is 0 Å². The fraction of sp³-hybridized carbons (Fsp3) is 0.308. The van der Waals surface area contributed by atoms with Crippen LogP contribution < -0.4 is 5.32 Å². The first kappa shape index (κ1) is 23.7. The fourth-order valence-corrected chi connectivity index (χ4v) is 4.52. The van der Waals surface area contributed by atoms with Gasteiger partial charge in [0.15, 0.2) is 5.78 Å². The van der Waals surface area contributed by atoms with E-state index in [-0.39, 0.29) is 23.4 Å². The van der Waals surface area contributed by atoms with E-state index in [2.05, 4.69) is 5.32 Å². The maximum atomic E-state index is 11.6. The molecule has 3 rings (SSSR count). The molecule has 168 valence electrons. The highest BCUT2D eigenvalue weighted by Gasteiger charge is 2.21. The number of para-hydroxylation sites is 1. The summed E-state index contributed by atoms with van der Waals surface area (Å²) in [5.74, 6) is -0.609. The van der Waals surface area contributed by atoms with Gasteiger partial charge in [0.2, 0.25) is 0 Å². The lowest BCUT2D eigenvalue weighted by atomic mass is 9.85. The van der Waals surface area contributed by atoms with Crippen LogP contribution in [0.4, 0.5) is 0 Å². The molecule has 0 aliphatic rings. The fourth-order valence-electron chi connectivity index (χ4n) is 3.62. The summed E-state index contributed by atoms with van der Waals surface area (Å²) in [6, 6.07) is 16.7. The molecule has 2 aromatic carbocycles. The molecule has 0 unspecified atom stereocenters. The summed E-state index contributed by atoms with van der Waals surface area (Å²) < 4.78 is 0. The minimum Gasteiger partial charge on any atom is -0.507 e. The number of carboxylic acids is 1. The molecule has 0 aliphatic heterocycles. The third-order valence-electron chi connectivity index (χ3n) is 5.40. The molecule has 0 aliphatic carbocycles. The molecule has 5 nitrogen and oxygen atoms in total. The van der Waals surface area contributed by atoms with E-state index in [0.29, 0.717) is 11.4 Å². The largest absolute Gasteiger partial charge is 0.507 e. The molecule has 1 heterocycles. The normalized spacial score (nSPS) is 12.5. The summed E-state index contributed by atoms with van der Waals surface area (Å²) in [7, 11) is 0. The van der Waals surface area contributed by atoms with Crippen molar-refractivity contribution in [3.63, 3.8) is 0 Å². The highest BCUT2D eigenvalue weighted by atomic mass is 32.1. The van der Waals surface area contributed by atoms with E-state index in [0.717, 1.165) is 27.1 Å². The lowest BCUT2D eigenvalue weighted by Gasteiger charge is -2.23. The molecule has 0 amide bonds. The van der Waals surface area contributed by atoms with E-state index in [4.69, 9.17) is 0 Å². The number of phenolic OH excluding ortho intramolecular Hbond substituents is 1. The van der Waals surface area contributed by atoms with Crippen LogP contribution in [0.3, 0.4) is 0 Å². The highest BCUT2D eigenvalue weighted by Crippen LogP contribution is 2.34. The van der Waals surface area contributed by atoms with Crippen LogP contribution in [0.15, 0.2) is 54.6 Å². The topological polar surface area (TPSA) is 86.6 Å². The van der Waals surface area contributed by atoms with Crippen LogP contribution in [-0.2, 0) is 16.8 Å². The van der Waals surface area contributed by atoms with Gasteiger partial charge in [0.1, 0.15) is 5.75 Å². The van der Waals surface area contributed by atoms with E-state index >= 15 is 0 Å². The standard InChI is InChI=1S/C26H29NO4S/c1-16(28)22-12-13-23(32-22)18-10-8-17(9-11-18)21(14-24(29)30)27-15-19-6-5-7-20(25(19)31)26(2,3)4/h5-13,21,27,31H,14-15H2,1-4H3,(H,29,30)/t21-/m1/s1. The predicted molar refractivity (Wildman–Crippen MR) is 128 cm³/mol. The molecule has 6 heteroatoms. The number of Topliss-reactive ketones (excluding diaryl/α,β-unsaturated/α-hetero) is 1. The molecule has 1 atom stereocenters. The van der Waals surface area contributed by atoms with Gasteiger partial charge < -0.3 is 15.5 Å². The number of carbonyl (C=O) groups is 2. The van der Waals surface area contributed by atoms with Crippen molar-refractivity contribution in [3.05, 3.63) is 76.2 Å². The first-order valence-electron chi connectivity index (χ1n) is 10.5. The van der Waals surface area contributed by atoms with Crippen molar-refractivity contribution in [1.29, 1.82) is 0 Å². The van der Waals surface area contributed by atoms with Crippen molar-refractivity contribution in [2.45, 2.75) is 52.1 Å². The van der Waals surface area contributed by atoms with Gasteiger partial charge >= 0.3 is 5.97 Å². The number of phenols is 1. The number of thiophene rings is 1.